The minimum Gasteiger partial charge on any atom is -0.390 e. The number of hydrogen-bond donors (Lipinski definition) is 1. The monoisotopic (exact) mass is 258 g/mol. The summed E-state index contributed by atoms with van der Waals surface area (Å²) in [6.07, 6.45) is 3.32. The van der Waals surface area contributed by atoms with Crippen LogP contribution in [0.5, 0.6) is 0 Å². The Morgan fingerprint density at radius 3 is 2.72 bits per heavy atom. The molecular weight excluding hydrogens is 232 g/mol. The lowest BCUT2D eigenvalue weighted by atomic mass is 9.77. The van der Waals surface area contributed by atoms with E-state index >= 15 is 0 Å². The molecule has 2 saturated heterocycles. The molecule has 18 heavy (non-hydrogen) atoms. The molecule has 3 atom stereocenters. The topological polar surface area (TPSA) is 47.9 Å². The zero-order chi connectivity index (χ0) is 13.0. The zero-order valence-electron chi connectivity index (χ0n) is 11.6. The maximum absolute atomic E-state index is 10.4. The second kappa shape index (κ2) is 6.33. The molecule has 0 bridgehead atoms. The van der Waals surface area contributed by atoms with Crippen LogP contribution in [0.15, 0.2) is 0 Å². The molecule has 4 nitrogen and oxygen atoms in total. The van der Waals surface area contributed by atoms with Crippen LogP contribution in [0.2, 0.25) is 0 Å². The summed E-state index contributed by atoms with van der Waals surface area (Å²) in [7, 11) is 0. The van der Waals surface area contributed by atoms with Crippen LogP contribution >= 0.6 is 0 Å². The molecule has 1 spiro atoms. The van der Waals surface area contributed by atoms with Gasteiger partial charge in [-0.2, -0.15) is 0 Å². The van der Waals surface area contributed by atoms with Gasteiger partial charge in [0.05, 0.1) is 17.8 Å². The zero-order valence-corrected chi connectivity index (χ0v) is 11.6. The molecule has 4 heteroatoms. The van der Waals surface area contributed by atoms with Crippen molar-refractivity contribution in [3.05, 3.63) is 0 Å². The third-order valence-electron chi connectivity index (χ3n) is 4.33. The highest BCUT2D eigenvalue weighted by atomic mass is 16.5. The summed E-state index contributed by atoms with van der Waals surface area (Å²) in [6.45, 7) is 6.89. The van der Waals surface area contributed by atoms with Gasteiger partial charge in [-0.1, -0.05) is 0 Å². The van der Waals surface area contributed by atoms with Crippen molar-refractivity contribution in [3.8, 4) is 0 Å². The van der Waals surface area contributed by atoms with E-state index in [9.17, 15) is 5.11 Å². The minimum absolute atomic E-state index is 0.0475. The van der Waals surface area contributed by atoms with E-state index in [0.717, 1.165) is 45.5 Å². The number of ether oxygens (including phenoxy) is 3. The third kappa shape index (κ3) is 3.23. The molecule has 2 fully saturated rings. The van der Waals surface area contributed by atoms with Gasteiger partial charge in [0.25, 0.3) is 0 Å². The summed E-state index contributed by atoms with van der Waals surface area (Å²) < 4.78 is 16.9. The average molecular weight is 258 g/mol. The Morgan fingerprint density at radius 1 is 1.33 bits per heavy atom. The maximum atomic E-state index is 10.4. The van der Waals surface area contributed by atoms with E-state index in [1.165, 1.54) is 0 Å². The fraction of sp³-hybridized carbons (Fsp3) is 1.00. The third-order valence-corrected chi connectivity index (χ3v) is 4.33. The fourth-order valence-electron chi connectivity index (χ4n) is 3.19. The first-order valence-corrected chi connectivity index (χ1v) is 7.18. The lowest BCUT2D eigenvalue weighted by Gasteiger charge is -2.45. The molecule has 2 heterocycles. The predicted octanol–water partition coefficient (Wildman–Crippen LogP) is 1.75. The van der Waals surface area contributed by atoms with Gasteiger partial charge in [-0.15, -0.1) is 0 Å². The number of hydrogen-bond acceptors (Lipinski definition) is 4. The Kier molecular flexibility index (Phi) is 5.01. The SMILES string of the molecule is CCOC(C)C(O)C1CCOC2(CCOCC2)C1. The van der Waals surface area contributed by atoms with Gasteiger partial charge in [-0.25, -0.2) is 0 Å². The van der Waals surface area contributed by atoms with Gasteiger partial charge in [0.2, 0.25) is 0 Å². The van der Waals surface area contributed by atoms with Gasteiger partial charge < -0.3 is 19.3 Å². The first kappa shape index (κ1) is 14.3. The van der Waals surface area contributed by atoms with Gasteiger partial charge >= 0.3 is 0 Å². The highest BCUT2D eigenvalue weighted by Gasteiger charge is 2.42. The second-order valence-electron chi connectivity index (χ2n) is 5.55. The molecule has 0 aromatic rings. The molecule has 2 aliphatic rings. The van der Waals surface area contributed by atoms with Crippen LogP contribution in [0.25, 0.3) is 0 Å². The molecule has 0 aliphatic carbocycles. The van der Waals surface area contributed by atoms with E-state index in [2.05, 4.69) is 0 Å². The van der Waals surface area contributed by atoms with Crippen LogP contribution in [0.4, 0.5) is 0 Å². The highest BCUT2D eigenvalue weighted by Crippen LogP contribution is 2.38. The van der Waals surface area contributed by atoms with E-state index in [1.54, 1.807) is 0 Å². The molecule has 1 N–H and O–H groups in total. The van der Waals surface area contributed by atoms with E-state index < -0.39 is 0 Å². The molecule has 0 radical (unpaired) electrons. The summed E-state index contributed by atoms with van der Waals surface area (Å²) in [5, 5.41) is 10.4. The Balaban J connectivity index is 1.93. The second-order valence-corrected chi connectivity index (χ2v) is 5.55. The molecule has 106 valence electrons. The standard InChI is InChI=1S/C14H26O4/c1-3-17-11(2)13(15)12-4-7-18-14(10-12)5-8-16-9-6-14/h11-13,15H,3-10H2,1-2H3. The van der Waals surface area contributed by atoms with Crippen molar-refractivity contribution in [1.82, 2.24) is 0 Å². The van der Waals surface area contributed by atoms with Crippen LogP contribution in [-0.2, 0) is 14.2 Å². The minimum atomic E-state index is -0.381. The molecule has 2 aliphatic heterocycles. The summed E-state index contributed by atoms with van der Waals surface area (Å²) in [5.74, 6) is 0.290. The molecular formula is C14H26O4. The van der Waals surface area contributed by atoms with Crippen LogP contribution in [-0.4, -0.2) is 49.3 Å². The molecule has 0 aromatic carbocycles. The lowest BCUT2D eigenvalue weighted by Crippen LogP contribution is -2.48. The van der Waals surface area contributed by atoms with Crippen LogP contribution in [0.3, 0.4) is 0 Å². The van der Waals surface area contributed by atoms with Gasteiger partial charge in [-0.05, 0) is 45.4 Å². The Hall–Kier alpha value is -0.160. The van der Waals surface area contributed by atoms with Crippen molar-refractivity contribution in [2.75, 3.05) is 26.4 Å². The molecule has 0 amide bonds. The van der Waals surface area contributed by atoms with Crippen LogP contribution < -0.4 is 0 Å². The largest absolute Gasteiger partial charge is 0.390 e. The van der Waals surface area contributed by atoms with Crippen LogP contribution in [0.1, 0.15) is 39.5 Å². The number of aliphatic hydroxyl groups is 1. The van der Waals surface area contributed by atoms with Crippen molar-refractivity contribution >= 4 is 0 Å². The highest BCUT2D eigenvalue weighted by molar-refractivity contribution is 4.92. The average Bonchev–Trinajstić information content (AvgIpc) is 2.39. The smallest absolute Gasteiger partial charge is 0.0829 e. The quantitative estimate of drug-likeness (QED) is 0.834. The van der Waals surface area contributed by atoms with E-state index in [4.69, 9.17) is 14.2 Å². The van der Waals surface area contributed by atoms with Gasteiger partial charge in [0.1, 0.15) is 0 Å². The molecule has 3 unspecified atom stereocenters. The first-order chi connectivity index (χ1) is 8.67. The Morgan fingerprint density at radius 2 is 2.06 bits per heavy atom. The normalized spacial score (nSPS) is 31.2. The van der Waals surface area contributed by atoms with Crippen molar-refractivity contribution in [2.45, 2.75) is 57.3 Å². The van der Waals surface area contributed by atoms with Crippen molar-refractivity contribution in [3.63, 3.8) is 0 Å². The van der Waals surface area contributed by atoms with Crippen molar-refractivity contribution in [1.29, 1.82) is 0 Å². The van der Waals surface area contributed by atoms with E-state index in [-0.39, 0.29) is 17.8 Å². The predicted molar refractivity (Wildman–Crippen MR) is 68.6 cm³/mol. The number of aliphatic hydroxyl groups excluding tert-OH is 1. The van der Waals surface area contributed by atoms with Gasteiger partial charge in [-0.3, -0.25) is 0 Å². The summed E-state index contributed by atoms with van der Waals surface area (Å²) in [5.41, 5.74) is -0.0475. The van der Waals surface area contributed by atoms with E-state index in [0.29, 0.717) is 12.5 Å². The van der Waals surface area contributed by atoms with Crippen LogP contribution in [0, 0.1) is 5.92 Å². The van der Waals surface area contributed by atoms with Crippen molar-refractivity contribution in [2.24, 2.45) is 5.92 Å². The summed E-state index contributed by atoms with van der Waals surface area (Å²) in [4.78, 5) is 0. The summed E-state index contributed by atoms with van der Waals surface area (Å²) >= 11 is 0. The lowest BCUT2D eigenvalue weighted by molar-refractivity contribution is -0.168. The van der Waals surface area contributed by atoms with E-state index in [1.807, 2.05) is 13.8 Å². The Labute approximate surface area is 110 Å². The summed E-state index contributed by atoms with van der Waals surface area (Å²) in [6, 6.07) is 0. The van der Waals surface area contributed by atoms with Crippen molar-refractivity contribution < 1.29 is 19.3 Å². The molecule has 0 saturated carbocycles. The molecule has 0 aromatic heterocycles. The first-order valence-electron chi connectivity index (χ1n) is 7.18. The molecule has 2 rings (SSSR count). The maximum Gasteiger partial charge on any atom is 0.0829 e. The van der Waals surface area contributed by atoms with Gasteiger partial charge in [0.15, 0.2) is 0 Å². The number of rotatable bonds is 4. The Bertz CT molecular complexity index is 245. The van der Waals surface area contributed by atoms with Gasteiger partial charge in [0, 0.05) is 26.4 Å². The fourth-order valence-corrected chi connectivity index (χ4v) is 3.19.